The highest BCUT2D eigenvalue weighted by molar-refractivity contribution is 7.47. The predicted octanol–water partition coefficient (Wildman–Crippen LogP) is -2.31. The maximum Gasteiger partial charge on any atom is 0.472 e. The zero-order valence-electron chi connectivity index (χ0n) is 22.7. The number of thiazole rings is 1. The number of nitrogens with zero attached hydrogens (tertiary/aromatic N) is 6. The SMILES string of the molecule is Nc1nc2c(ncn2[C@@H]2O[C@@H]3COP(=O)(O)O[C@H]4[C@@H](O)[C@H](n5c(=O)sc6c(N)ncnc65)O[C@@H]4COP(=O)(O)O[C@@H]2[C@@H]3O)c(=O)[nH]1. The van der Waals surface area contributed by atoms with E-state index in [1.165, 1.54) is 0 Å². The van der Waals surface area contributed by atoms with Crippen LogP contribution in [0.25, 0.3) is 21.5 Å². The number of aromatic amines is 1. The number of phosphoric ester groups is 2. The van der Waals surface area contributed by atoms with Crippen LogP contribution in [0.2, 0.25) is 0 Å². The van der Waals surface area contributed by atoms with E-state index in [-0.39, 0.29) is 33.3 Å². The third-order valence-corrected chi connectivity index (χ3v) is 10.3. The summed E-state index contributed by atoms with van der Waals surface area (Å²) in [5, 5.41) is 22.1. The number of hydrogen-bond acceptors (Lipinski definition) is 19. The fourth-order valence-corrected chi connectivity index (χ4v) is 8.08. The van der Waals surface area contributed by atoms with E-state index in [1.54, 1.807) is 0 Å². The molecule has 4 aromatic rings. The summed E-state index contributed by atoms with van der Waals surface area (Å²) in [6.45, 7) is -1.77. The second-order valence-corrected chi connectivity index (χ2v) is 14.0. The number of H-pyrrole nitrogens is 1. The third kappa shape index (κ3) is 5.35. The number of nitrogen functional groups attached to an aromatic ring is 2. The Morgan fingerprint density at radius 3 is 2.33 bits per heavy atom. The molecule has 7 heterocycles. The van der Waals surface area contributed by atoms with Crippen molar-refractivity contribution in [1.82, 2.24) is 34.1 Å². The first-order valence-electron chi connectivity index (χ1n) is 13.1. The van der Waals surface area contributed by atoms with Crippen LogP contribution in [0, 0.1) is 0 Å². The summed E-state index contributed by atoms with van der Waals surface area (Å²) in [6.07, 6.45) is -11.3. The third-order valence-electron chi connectivity index (χ3n) is 7.34. The molecule has 0 spiro atoms. The molecule has 9 N–H and O–H groups in total. The molecule has 10 atom stereocenters. The maximum atomic E-state index is 13.2. The minimum absolute atomic E-state index is 0.0279. The Kier molecular flexibility index (Phi) is 7.64. The number of fused-ring (bicyclic) bond motifs is 5. The first-order valence-corrected chi connectivity index (χ1v) is 16.9. The lowest BCUT2D eigenvalue weighted by atomic mass is 10.1. The number of aliphatic hydroxyl groups excluding tert-OH is 2. The molecule has 46 heavy (non-hydrogen) atoms. The first kappa shape index (κ1) is 31.4. The van der Waals surface area contributed by atoms with E-state index in [2.05, 4.69) is 24.9 Å². The van der Waals surface area contributed by atoms with Gasteiger partial charge >= 0.3 is 20.5 Å². The zero-order chi connectivity index (χ0) is 32.7. The van der Waals surface area contributed by atoms with E-state index in [4.69, 9.17) is 39.0 Å². The molecule has 7 rings (SSSR count). The minimum Gasteiger partial charge on any atom is -0.387 e. The molecule has 0 aliphatic carbocycles. The summed E-state index contributed by atoms with van der Waals surface area (Å²) in [7, 11) is -10.3. The van der Waals surface area contributed by atoms with Crippen LogP contribution < -0.4 is 21.9 Å². The Morgan fingerprint density at radius 1 is 0.913 bits per heavy atom. The number of nitrogens with two attached hydrogens (primary N) is 2. The Bertz CT molecular complexity index is 2050. The molecule has 248 valence electrons. The van der Waals surface area contributed by atoms with Crippen LogP contribution in [-0.4, -0.2) is 104 Å². The molecule has 3 saturated heterocycles. The lowest BCUT2D eigenvalue weighted by Gasteiger charge is -2.25. The topological polar surface area (TPSA) is 334 Å². The number of aliphatic hydroxyl groups is 2. The molecule has 0 amide bonds. The van der Waals surface area contributed by atoms with Crippen molar-refractivity contribution in [3.63, 3.8) is 0 Å². The highest BCUT2D eigenvalue weighted by Crippen LogP contribution is 2.53. The van der Waals surface area contributed by atoms with Gasteiger partial charge in [0.05, 0.1) is 19.5 Å². The van der Waals surface area contributed by atoms with E-state index in [1.807, 2.05) is 0 Å². The number of aromatic nitrogens is 7. The van der Waals surface area contributed by atoms with Crippen LogP contribution in [0.5, 0.6) is 0 Å². The molecule has 2 unspecified atom stereocenters. The fourth-order valence-electron chi connectivity index (χ4n) is 5.32. The van der Waals surface area contributed by atoms with Gasteiger partial charge in [-0.15, -0.1) is 0 Å². The Balaban J connectivity index is 1.22. The van der Waals surface area contributed by atoms with Gasteiger partial charge < -0.3 is 40.9 Å². The molecule has 2 bridgehead atoms. The standard InChI is InChI=1S/C20H23N9O14P2S/c21-13-12-15(24-3-23-13)29(20(33)46-12)17-9(31)10-6(41-17)2-39-45(36,37)43-11-8(30)5(1-38-44(34,35)42-10)40-18(11)28-4-25-7-14(28)26-19(22)27-16(7)32/h3-6,8-11,17-18,30-31H,1-2H2,(H,34,35)(H,36,37)(H2,21,23,24)(H3,22,26,27,32)/t5-,6-,8-,9-,10-,11-,17-,18-/m1/s1. The molecule has 3 aliphatic rings. The number of imidazole rings is 1. The second kappa shape index (κ2) is 11.2. The smallest absolute Gasteiger partial charge is 0.387 e. The second-order valence-electron chi connectivity index (χ2n) is 10.2. The summed E-state index contributed by atoms with van der Waals surface area (Å²) < 4.78 is 60.7. The number of phosphoric acid groups is 2. The highest BCUT2D eigenvalue weighted by atomic mass is 32.1. The van der Waals surface area contributed by atoms with Crippen molar-refractivity contribution in [1.29, 1.82) is 0 Å². The van der Waals surface area contributed by atoms with Gasteiger partial charge in [0, 0.05) is 0 Å². The van der Waals surface area contributed by atoms with Gasteiger partial charge in [-0.25, -0.2) is 24.1 Å². The molecular formula is C20H23N9O14P2S. The van der Waals surface area contributed by atoms with Gasteiger partial charge in [-0.1, -0.05) is 11.3 Å². The minimum atomic E-state index is -5.17. The average molecular weight is 707 g/mol. The summed E-state index contributed by atoms with van der Waals surface area (Å²) in [5.41, 5.74) is 10.4. The van der Waals surface area contributed by atoms with Gasteiger partial charge in [0.1, 0.15) is 53.5 Å². The summed E-state index contributed by atoms with van der Waals surface area (Å²) in [5.74, 6) is -0.328. The monoisotopic (exact) mass is 707 g/mol. The van der Waals surface area contributed by atoms with Gasteiger partial charge in [0.2, 0.25) is 5.95 Å². The zero-order valence-corrected chi connectivity index (χ0v) is 25.3. The van der Waals surface area contributed by atoms with E-state index >= 15 is 0 Å². The molecule has 0 saturated carbocycles. The number of rotatable bonds is 2. The number of nitrogens with one attached hydrogen (secondary N) is 1. The quantitative estimate of drug-likeness (QED) is 0.108. The molecule has 23 nitrogen and oxygen atoms in total. The first-order chi connectivity index (χ1) is 21.7. The normalized spacial score (nSPS) is 37.1. The van der Waals surface area contributed by atoms with Crippen LogP contribution in [0.3, 0.4) is 0 Å². The fraction of sp³-hybridized carbons (Fsp3) is 0.500. The van der Waals surface area contributed by atoms with Gasteiger partial charge in [0.25, 0.3) is 5.56 Å². The van der Waals surface area contributed by atoms with Gasteiger partial charge in [0.15, 0.2) is 29.3 Å². The van der Waals surface area contributed by atoms with Crippen molar-refractivity contribution in [3.05, 3.63) is 32.7 Å². The van der Waals surface area contributed by atoms with Crippen molar-refractivity contribution in [2.75, 3.05) is 24.7 Å². The number of hydrogen-bond donors (Lipinski definition) is 7. The van der Waals surface area contributed by atoms with Crippen molar-refractivity contribution in [2.45, 2.75) is 49.1 Å². The van der Waals surface area contributed by atoms with Gasteiger partial charge in [-0.05, 0) is 0 Å². The van der Waals surface area contributed by atoms with Crippen LogP contribution in [0.15, 0.2) is 22.2 Å². The van der Waals surface area contributed by atoms with E-state index in [0.29, 0.717) is 11.3 Å². The van der Waals surface area contributed by atoms with Crippen molar-refractivity contribution in [3.8, 4) is 0 Å². The highest BCUT2D eigenvalue weighted by Gasteiger charge is 2.54. The molecule has 4 aromatic heterocycles. The summed E-state index contributed by atoms with van der Waals surface area (Å²) in [4.78, 5) is 63.8. The van der Waals surface area contributed by atoms with E-state index in [0.717, 1.165) is 21.8 Å². The van der Waals surface area contributed by atoms with Crippen LogP contribution >= 0.6 is 27.0 Å². The maximum absolute atomic E-state index is 13.2. The molecular weight excluding hydrogens is 684 g/mol. The molecule has 3 fully saturated rings. The number of ether oxygens (including phenoxy) is 2. The Hall–Kier alpha value is -3.22. The Labute approximate surface area is 257 Å². The summed E-state index contributed by atoms with van der Waals surface area (Å²) >= 11 is 0.645. The largest absolute Gasteiger partial charge is 0.472 e. The van der Waals surface area contributed by atoms with Gasteiger partial charge in [-0.3, -0.25) is 41.8 Å². The van der Waals surface area contributed by atoms with Gasteiger partial charge in [-0.2, -0.15) is 4.98 Å². The van der Waals surface area contributed by atoms with E-state index < -0.39 is 88.4 Å². The molecule has 0 radical (unpaired) electrons. The molecule has 26 heteroatoms. The number of anilines is 2. The van der Waals surface area contributed by atoms with Crippen LogP contribution in [0.4, 0.5) is 11.8 Å². The van der Waals surface area contributed by atoms with Crippen molar-refractivity contribution >= 4 is 60.3 Å². The van der Waals surface area contributed by atoms with E-state index in [9.17, 15) is 38.7 Å². The van der Waals surface area contributed by atoms with Crippen molar-refractivity contribution < 1.29 is 56.7 Å². The van der Waals surface area contributed by atoms with Crippen LogP contribution in [0.1, 0.15) is 12.5 Å². The summed E-state index contributed by atoms with van der Waals surface area (Å²) in [6, 6.07) is 0. The lowest BCUT2D eigenvalue weighted by Crippen LogP contribution is -2.37. The van der Waals surface area contributed by atoms with Crippen molar-refractivity contribution in [2.24, 2.45) is 0 Å². The Morgan fingerprint density at radius 2 is 1.59 bits per heavy atom. The molecule has 0 aromatic carbocycles. The van der Waals surface area contributed by atoms with Crippen LogP contribution in [-0.2, 0) is 36.7 Å². The average Bonchev–Trinajstić information content (AvgIpc) is 3.70. The predicted molar refractivity (Wildman–Crippen MR) is 150 cm³/mol. The lowest BCUT2D eigenvalue weighted by molar-refractivity contribution is -0.0674. The molecule has 3 aliphatic heterocycles.